The summed E-state index contributed by atoms with van der Waals surface area (Å²) in [5.41, 5.74) is 1.67. The van der Waals surface area contributed by atoms with Gasteiger partial charge in [-0.2, -0.15) is 0 Å². The van der Waals surface area contributed by atoms with E-state index in [1.165, 1.54) is 23.8 Å². The maximum atomic E-state index is 12.3. The average Bonchev–Trinajstić information content (AvgIpc) is 2.53. The highest BCUT2D eigenvalue weighted by atomic mass is 16.2. The number of aromatic nitrogens is 2. The van der Waals surface area contributed by atoms with Crippen molar-refractivity contribution in [2.45, 2.75) is 51.6 Å². The van der Waals surface area contributed by atoms with Gasteiger partial charge in [0.05, 0.1) is 11.0 Å². The second-order valence-electron chi connectivity index (χ2n) is 5.98. The van der Waals surface area contributed by atoms with Crippen molar-refractivity contribution in [3.05, 3.63) is 40.3 Å². The molecule has 0 atom stereocenters. The minimum absolute atomic E-state index is 0.0548. The zero-order valence-electron chi connectivity index (χ0n) is 12.8. The van der Waals surface area contributed by atoms with E-state index in [-0.39, 0.29) is 24.1 Å². The summed E-state index contributed by atoms with van der Waals surface area (Å²) in [6.45, 7) is 1.74. The van der Waals surface area contributed by atoms with Gasteiger partial charge in [-0.3, -0.25) is 14.2 Å². The van der Waals surface area contributed by atoms with Gasteiger partial charge < -0.3 is 5.32 Å². The van der Waals surface area contributed by atoms with Gasteiger partial charge in [0.15, 0.2) is 0 Å². The molecule has 1 aliphatic carbocycles. The van der Waals surface area contributed by atoms with Crippen LogP contribution in [0.2, 0.25) is 0 Å². The highest BCUT2D eigenvalue weighted by Crippen LogP contribution is 2.17. The maximum Gasteiger partial charge on any atom is 0.272 e. The third kappa shape index (κ3) is 3.03. The van der Waals surface area contributed by atoms with Crippen LogP contribution in [0.3, 0.4) is 0 Å². The number of nitrogens with zero attached hydrogens (tertiary/aromatic N) is 2. The van der Waals surface area contributed by atoms with Gasteiger partial charge in [-0.25, -0.2) is 4.98 Å². The Hall–Kier alpha value is -2.17. The topological polar surface area (TPSA) is 64.0 Å². The fraction of sp³-hybridized carbons (Fsp3) is 0.471. The molecule has 1 fully saturated rings. The monoisotopic (exact) mass is 299 g/mol. The smallest absolute Gasteiger partial charge is 0.272 e. The summed E-state index contributed by atoms with van der Waals surface area (Å²) in [6, 6.07) is 7.68. The molecule has 0 spiro atoms. The molecule has 1 amide bonds. The Labute approximate surface area is 129 Å². The lowest BCUT2D eigenvalue weighted by atomic mass is 9.95. The minimum atomic E-state index is -0.197. The molecule has 0 bridgehead atoms. The van der Waals surface area contributed by atoms with Gasteiger partial charge in [0.2, 0.25) is 5.91 Å². The Morgan fingerprint density at radius 1 is 1.27 bits per heavy atom. The van der Waals surface area contributed by atoms with E-state index in [1.807, 2.05) is 24.3 Å². The largest absolute Gasteiger partial charge is 0.352 e. The zero-order valence-corrected chi connectivity index (χ0v) is 12.8. The third-order valence-electron chi connectivity index (χ3n) is 4.29. The van der Waals surface area contributed by atoms with Gasteiger partial charge in [-0.15, -0.1) is 0 Å². The van der Waals surface area contributed by atoms with Crippen LogP contribution in [-0.4, -0.2) is 21.5 Å². The molecule has 2 aromatic rings. The van der Waals surface area contributed by atoms with E-state index in [9.17, 15) is 9.59 Å². The minimum Gasteiger partial charge on any atom is -0.352 e. The van der Waals surface area contributed by atoms with Crippen LogP contribution < -0.4 is 10.9 Å². The quantitative estimate of drug-likeness (QED) is 0.944. The van der Waals surface area contributed by atoms with Gasteiger partial charge in [-0.05, 0) is 31.9 Å². The van der Waals surface area contributed by atoms with E-state index in [0.29, 0.717) is 11.2 Å². The Kier molecular flexibility index (Phi) is 4.22. The van der Waals surface area contributed by atoms with Crippen molar-refractivity contribution < 1.29 is 4.79 Å². The standard InChI is InChI=1S/C17H21N3O2/c1-12-17(22)20(15-10-6-5-9-14(15)18-12)11-16(21)19-13-7-3-2-4-8-13/h5-6,9-10,13H,2-4,7-8,11H2,1H3,(H,19,21). The van der Waals surface area contributed by atoms with Crippen LogP contribution >= 0.6 is 0 Å². The normalized spacial score (nSPS) is 15.9. The van der Waals surface area contributed by atoms with Gasteiger partial charge in [0.1, 0.15) is 12.2 Å². The molecule has 0 radical (unpaired) electrons. The Morgan fingerprint density at radius 3 is 2.77 bits per heavy atom. The average molecular weight is 299 g/mol. The molecule has 5 heteroatoms. The lowest BCUT2D eigenvalue weighted by Crippen LogP contribution is -2.40. The predicted molar refractivity (Wildman–Crippen MR) is 85.8 cm³/mol. The molecule has 1 N–H and O–H groups in total. The predicted octanol–water partition coefficient (Wildman–Crippen LogP) is 2.15. The number of rotatable bonds is 3. The maximum absolute atomic E-state index is 12.3. The number of nitrogens with one attached hydrogen (secondary N) is 1. The van der Waals surface area contributed by atoms with Crippen molar-refractivity contribution in [3.8, 4) is 0 Å². The molecule has 1 aromatic carbocycles. The molecule has 3 rings (SSSR count). The Morgan fingerprint density at radius 2 is 2.00 bits per heavy atom. The fourth-order valence-corrected chi connectivity index (χ4v) is 3.14. The van der Waals surface area contributed by atoms with Crippen LogP contribution in [0.5, 0.6) is 0 Å². The molecule has 1 saturated carbocycles. The molecule has 1 aromatic heterocycles. The molecule has 0 saturated heterocycles. The fourth-order valence-electron chi connectivity index (χ4n) is 3.14. The zero-order chi connectivity index (χ0) is 15.5. The molecular weight excluding hydrogens is 278 g/mol. The van der Waals surface area contributed by atoms with Crippen LogP contribution in [0.25, 0.3) is 11.0 Å². The van der Waals surface area contributed by atoms with Crippen LogP contribution in [0.1, 0.15) is 37.8 Å². The van der Waals surface area contributed by atoms with Gasteiger partial charge in [0, 0.05) is 6.04 Å². The summed E-state index contributed by atoms with van der Waals surface area (Å²) in [6.07, 6.45) is 5.66. The Balaban J connectivity index is 1.85. The molecule has 0 unspecified atom stereocenters. The molecule has 22 heavy (non-hydrogen) atoms. The van der Waals surface area contributed by atoms with E-state index in [0.717, 1.165) is 18.4 Å². The molecule has 1 heterocycles. The number of hydrogen-bond acceptors (Lipinski definition) is 3. The van der Waals surface area contributed by atoms with Crippen molar-refractivity contribution in [3.63, 3.8) is 0 Å². The second-order valence-corrected chi connectivity index (χ2v) is 5.98. The summed E-state index contributed by atoms with van der Waals surface area (Å²) < 4.78 is 1.52. The first-order valence-electron chi connectivity index (χ1n) is 7.90. The van der Waals surface area contributed by atoms with Crippen molar-refractivity contribution >= 4 is 16.9 Å². The van der Waals surface area contributed by atoms with E-state index in [1.54, 1.807) is 6.92 Å². The van der Waals surface area contributed by atoms with Crippen molar-refractivity contribution in [2.75, 3.05) is 0 Å². The first-order chi connectivity index (χ1) is 10.6. The van der Waals surface area contributed by atoms with Gasteiger partial charge in [-0.1, -0.05) is 31.4 Å². The molecule has 5 nitrogen and oxygen atoms in total. The summed E-state index contributed by atoms with van der Waals surface area (Å²) in [5, 5.41) is 3.06. The number of fused-ring (bicyclic) bond motifs is 1. The second kappa shape index (κ2) is 6.30. The van der Waals surface area contributed by atoms with Crippen LogP contribution in [-0.2, 0) is 11.3 Å². The number of para-hydroxylation sites is 2. The van der Waals surface area contributed by atoms with E-state index < -0.39 is 0 Å². The molecular formula is C17H21N3O2. The van der Waals surface area contributed by atoms with E-state index >= 15 is 0 Å². The number of hydrogen-bond donors (Lipinski definition) is 1. The van der Waals surface area contributed by atoms with Crippen molar-refractivity contribution in [2.24, 2.45) is 0 Å². The van der Waals surface area contributed by atoms with Crippen molar-refractivity contribution in [1.29, 1.82) is 0 Å². The van der Waals surface area contributed by atoms with E-state index in [2.05, 4.69) is 10.3 Å². The van der Waals surface area contributed by atoms with Gasteiger partial charge in [0.25, 0.3) is 5.56 Å². The third-order valence-corrected chi connectivity index (χ3v) is 4.29. The number of carbonyl (C=O) groups excluding carboxylic acids is 1. The van der Waals surface area contributed by atoms with Crippen LogP contribution in [0, 0.1) is 6.92 Å². The number of aryl methyl sites for hydroxylation is 1. The number of benzene rings is 1. The number of amides is 1. The lowest BCUT2D eigenvalue weighted by molar-refractivity contribution is -0.122. The van der Waals surface area contributed by atoms with E-state index in [4.69, 9.17) is 0 Å². The summed E-state index contributed by atoms with van der Waals surface area (Å²) in [7, 11) is 0. The number of carbonyl (C=O) groups is 1. The molecule has 116 valence electrons. The van der Waals surface area contributed by atoms with Gasteiger partial charge >= 0.3 is 0 Å². The van der Waals surface area contributed by atoms with Crippen molar-refractivity contribution in [1.82, 2.24) is 14.9 Å². The highest BCUT2D eigenvalue weighted by molar-refractivity contribution is 5.80. The van der Waals surface area contributed by atoms with Crippen LogP contribution in [0.15, 0.2) is 29.1 Å². The molecule has 0 aliphatic heterocycles. The SMILES string of the molecule is Cc1nc2ccccc2n(CC(=O)NC2CCCCC2)c1=O. The lowest BCUT2D eigenvalue weighted by Gasteiger charge is -2.23. The first kappa shape index (κ1) is 14.8. The molecule has 1 aliphatic rings. The highest BCUT2D eigenvalue weighted by Gasteiger charge is 2.17. The first-order valence-corrected chi connectivity index (χ1v) is 7.90. The summed E-state index contributed by atoms with van der Waals surface area (Å²) >= 11 is 0. The summed E-state index contributed by atoms with van der Waals surface area (Å²) in [4.78, 5) is 28.9. The summed E-state index contributed by atoms with van der Waals surface area (Å²) in [5.74, 6) is -0.0928. The Bertz CT molecular complexity index is 745. The van der Waals surface area contributed by atoms with Crippen LogP contribution in [0.4, 0.5) is 0 Å².